The molecule has 1 aromatic carbocycles. The molecule has 0 aliphatic carbocycles. The number of alkyl halides is 1. The first kappa shape index (κ1) is 13.0. The maximum atomic E-state index is 11.3. The maximum absolute atomic E-state index is 11.3. The smallest absolute Gasteiger partial charge is 0.224 e. The molecule has 5 heteroatoms. The summed E-state index contributed by atoms with van der Waals surface area (Å²) in [4.78, 5) is 11.3. The second-order valence-electron chi connectivity index (χ2n) is 2.96. The largest absolute Gasteiger partial charge is 0.326 e. The minimum Gasteiger partial charge on any atom is -0.326 e. The van der Waals surface area contributed by atoms with Gasteiger partial charge >= 0.3 is 0 Å². The van der Waals surface area contributed by atoms with Crippen molar-refractivity contribution < 1.29 is 4.79 Å². The van der Waals surface area contributed by atoms with E-state index >= 15 is 0 Å². The fourth-order valence-corrected chi connectivity index (χ4v) is 2.07. The van der Waals surface area contributed by atoms with Crippen LogP contribution in [0.3, 0.4) is 0 Å². The minimum absolute atomic E-state index is 0.0180. The molecule has 1 amide bonds. The quantitative estimate of drug-likeness (QED) is 0.803. The van der Waals surface area contributed by atoms with Crippen LogP contribution >= 0.6 is 43.5 Å². The molecule has 0 spiro atoms. The number of hydrogen-bond acceptors (Lipinski definition) is 1. The molecule has 1 aromatic rings. The van der Waals surface area contributed by atoms with Gasteiger partial charge in [-0.25, -0.2) is 0 Å². The maximum Gasteiger partial charge on any atom is 0.224 e. The highest BCUT2D eigenvalue weighted by molar-refractivity contribution is 9.10. The fourth-order valence-electron chi connectivity index (χ4n) is 1.05. The van der Waals surface area contributed by atoms with E-state index in [2.05, 4.69) is 37.2 Å². The molecule has 2 nitrogen and oxygen atoms in total. The topological polar surface area (TPSA) is 29.1 Å². The van der Waals surface area contributed by atoms with Gasteiger partial charge in [0.2, 0.25) is 5.91 Å². The van der Waals surface area contributed by atoms with E-state index in [-0.39, 0.29) is 5.91 Å². The van der Waals surface area contributed by atoms with Gasteiger partial charge in [-0.05, 0) is 33.6 Å². The van der Waals surface area contributed by atoms with Crippen LogP contribution in [0.5, 0.6) is 0 Å². The first-order valence-electron chi connectivity index (χ1n) is 4.42. The Morgan fingerprint density at radius 1 is 1.53 bits per heavy atom. The monoisotopic (exact) mass is 353 g/mol. The van der Waals surface area contributed by atoms with E-state index in [1.807, 2.05) is 13.0 Å². The lowest BCUT2D eigenvalue weighted by Gasteiger charge is -2.10. The number of hydrogen-bond donors (Lipinski definition) is 1. The number of amides is 1. The predicted octanol–water partition coefficient (Wildman–Crippen LogP) is 4.35. The van der Waals surface area contributed by atoms with Crippen molar-refractivity contribution in [1.29, 1.82) is 0 Å². The zero-order valence-electron chi connectivity index (χ0n) is 8.11. The summed E-state index contributed by atoms with van der Waals surface area (Å²) in [6.45, 7) is 1.81. The van der Waals surface area contributed by atoms with Crippen molar-refractivity contribution in [2.24, 2.45) is 0 Å². The predicted molar refractivity (Wildman–Crippen MR) is 70.7 cm³/mol. The molecule has 0 radical (unpaired) electrons. The summed E-state index contributed by atoms with van der Waals surface area (Å²) in [7, 11) is 0. The van der Waals surface area contributed by atoms with Gasteiger partial charge in [0.05, 0.1) is 5.02 Å². The molecule has 0 atom stereocenters. The Kier molecular flexibility index (Phi) is 5.09. The lowest BCUT2D eigenvalue weighted by atomic mass is 10.2. The average molecular weight is 355 g/mol. The van der Waals surface area contributed by atoms with Crippen molar-refractivity contribution in [3.05, 3.63) is 27.2 Å². The van der Waals surface area contributed by atoms with Gasteiger partial charge in [0, 0.05) is 21.9 Å². The summed E-state index contributed by atoms with van der Waals surface area (Å²) in [5.74, 6) is -0.0180. The van der Waals surface area contributed by atoms with Gasteiger partial charge in [-0.3, -0.25) is 4.79 Å². The summed E-state index contributed by atoms with van der Waals surface area (Å²) in [5.41, 5.74) is 1.75. The Hall–Kier alpha value is -0.0600. The number of rotatable bonds is 3. The second-order valence-corrected chi connectivity index (χ2v) is 4.78. The Morgan fingerprint density at radius 3 is 2.73 bits per heavy atom. The first-order chi connectivity index (χ1) is 7.08. The normalized spacial score (nSPS) is 10.1. The van der Waals surface area contributed by atoms with Crippen LogP contribution in [-0.2, 0) is 10.1 Å². The number of anilines is 1. The summed E-state index contributed by atoms with van der Waals surface area (Å²) < 4.78 is 0.827. The number of carbonyl (C=O) groups is 1. The van der Waals surface area contributed by atoms with Crippen LogP contribution in [0.25, 0.3) is 0 Å². The third-order valence-electron chi connectivity index (χ3n) is 1.89. The molecule has 0 fully saturated rings. The molecule has 1 rings (SSSR count). The van der Waals surface area contributed by atoms with Crippen LogP contribution in [-0.4, -0.2) is 5.91 Å². The van der Waals surface area contributed by atoms with Crippen LogP contribution in [0, 0.1) is 0 Å². The van der Waals surface area contributed by atoms with Gasteiger partial charge in [0.1, 0.15) is 0 Å². The molecule has 0 aliphatic heterocycles. The number of halogens is 3. The van der Waals surface area contributed by atoms with E-state index in [0.29, 0.717) is 16.8 Å². The highest BCUT2D eigenvalue weighted by atomic mass is 79.9. The first-order valence-corrected chi connectivity index (χ1v) is 6.71. The molecule has 1 N–H and O–H groups in total. The van der Waals surface area contributed by atoms with Gasteiger partial charge < -0.3 is 5.32 Å². The van der Waals surface area contributed by atoms with Crippen molar-refractivity contribution in [2.75, 3.05) is 5.32 Å². The van der Waals surface area contributed by atoms with E-state index in [1.165, 1.54) is 0 Å². The number of benzene rings is 1. The molecule has 0 aliphatic rings. The molecular weight excluding hydrogens is 345 g/mol. The third kappa shape index (κ3) is 3.47. The second kappa shape index (κ2) is 5.87. The molecule has 0 unspecified atom stereocenters. The van der Waals surface area contributed by atoms with Gasteiger partial charge in [0.15, 0.2) is 0 Å². The van der Waals surface area contributed by atoms with Crippen LogP contribution < -0.4 is 5.32 Å². The number of nitrogens with one attached hydrogen (secondary N) is 1. The van der Waals surface area contributed by atoms with Crippen molar-refractivity contribution in [2.45, 2.75) is 18.7 Å². The summed E-state index contributed by atoms with van der Waals surface area (Å²) in [6, 6.07) is 3.64. The lowest BCUT2D eigenvalue weighted by molar-refractivity contribution is -0.115. The standard InChI is InChI=1S/C10H10Br2ClNO/c1-2-10(15)14-9-4-8(13)7(12)3-6(9)5-11/h3-4H,2,5H2,1H3,(H,14,15). The molecule has 82 valence electrons. The summed E-state index contributed by atoms with van der Waals surface area (Å²) in [5, 5.41) is 4.06. The SMILES string of the molecule is CCC(=O)Nc1cc(Cl)c(Br)cc1CBr. The third-order valence-corrected chi connectivity index (χ3v) is 3.69. The lowest BCUT2D eigenvalue weighted by Crippen LogP contribution is -2.11. The van der Waals surface area contributed by atoms with Gasteiger partial charge in [0.25, 0.3) is 0 Å². The van der Waals surface area contributed by atoms with Gasteiger partial charge in [-0.1, -0.05) is 34.5 Å². The van der Waals surface area contributed by atoms with E-state index in [1.54, 1.807) is 6.07 Å². The zero-order valence-corrected chi connectivity index (χ0v) is 12.0. The summed E-state index contributed by atoms with van der Waals surface area (Å²) >= 11 is 12.7. The molecule has 0 heterocycles. The van der Waals surface area contributed by atoms with Crippen molar-refractivity contribution in [1.82, 2.24) is 0 Å². The van der Waals surface area contributed by atoms with Crippen LogP contribution in [0.4, 0.5) is 5.69 Å². The molecule has 0 saturated heterocycles. The van der Waals surface area contributed by atoms with Crippen LogP contribution in [0.15, 0.2) is 16.6 Å². The van der Waals surface area contributed by atoms with Gasteiger partial charge in [-0.2, -0.15) is 0 Å². The molecular formula is C10H10Br2ClNO. The summed E-state index contributed by atoms with van der Waals surface area (Å²) in [6.07, 6.45) is 0.454. The molecule has 0 bridgehead atoms. The van der Waals surface area contributed by atoms with E-state index in [4.69, 9.17) is 11.6 Å². The Bertz CT molecular complexity index is 382. The van der Waals surface area contributed by atoms with Crippen molar-refractivity contribution in [3.63, 3.8) is 0 Å². The van der Waals surface area contributed by atoms with E-state index < -0.39 is 0 Å². The van der Waals surface area contributed by atoms with E-state index in [9.17, 15) is 4.79 Å². The fraction of sp³-hybridized carbons (Fsp3) is 0.300. The molecule has 0 aromatic heterocycles. The van der Waals surface area contributed by atoms with Crippen LogP contribution in [0.1, 0.15) is 18.9 Å². The Balaban J connectivity index is 3.05. The average Bonchev–Trinajstić information content (AvgIpc) is 2.22. The highest BCUT2D eigenvalue weighted by Gasteiger charge is 2.08. The van der Waals surface area contributed by atoms with E-state index in [0.717, 1.165) is 15.7 Å². The number of carbonyl (C=O) groups excluding carboxylic acids is 1. The Labute approximate surface area is 111 Å². The molecule has 0 saturated carbocycles. The Morgan fingerprint density at radius 2 is 2.20 bits per heavy atom. The molecule has 15 heavy (non-hydrogen) atoms. The zero-order chi connectivity index (χ0) is 11.4. The highest BCUT2D eigenvalue weighted by Crippen LogP contribution is 2.30. The van der Waals surface area contributed by atoms with Crippen molar-refractivity contribution in [3.8, 4) is 0 Å². The minimum atomic E-state index is -0.0180. The van der Waals surface area contributed by atoms with Crippen LogP contribution in [0.2, 0.25) is 5.02 Å². The van der Waals surface area contributed by atoms with Gasteiger partial charge in [-0.15, -0.1) is 0 Å². The van der Waals surface area contributed by atoms with Crippen molar-refractivity contribution >= 4 is 55.1 Å².